The lowest BCUT2D eigenvalue weighted by Gasteiger charge is -2.31. The van der Waals surface area contributed by atoms with E-state index >= 15 is 0 Å². The van der Waals surface area contributed by atoms with E-state index in [1.54, 1.807) is 0 Å². The molecule has 134 valence electrons. The predicted molar refractivity (Wildman–Crippen MR) is 99.5 cm³/mol. The topological polar surface area (TPSA) is 58.4 Å². The summed E-state index contributed by atoms with van der Waals surface area (Å²) in [5.41, 5.74) is 8.25. The van der Waals surface area contributed by atoms with Gasteiger partial charge in [-0.1, -0.05) is 43.5 Å². The van der Waals surface area contributed by atoms with Gasteiger partial charge in [0.2, 0.25) is 5.91 Å². The highest BCUT2D eigenvalue weighted by molar-refractivity contribution is 5.75. The quantitative estimate of drug-likeness (QED) is 0.769. The Balaban J connectivity index is 1.88. The van der Waals surface area contributed by atoms with E-state index in [0.29, 0.717) is 19.0 Å². The molecule has 4 nitrogen and oxygen atoms in total. The molecule has 0 heterocycles. The maximum absolute atomic E-state index is 11.9. The van der Waals surface area contributed by atoms with Crippen LogP contribution in [0.4, 0.5) is 0 Å². The zero-order valence-corrected chi connectivity index (χ0v) is 15.3. The molecule has 24 heavy (non-hydrogen) atoms. The largest absolute Gasteiger partial charge is 0.352 e. The van der Waals surface area contributed by atoms with Gasteiger partial charge in [0, 0.05) is 31.6 Å². The summed E-state index contributed by atoms with van der Waals surface area (Å²) in [5.74, 6) is 0.0859. The van der Waals surface area contributed by atoms with Crippen molar-refractivity contribution in [2.75, 3.05) is 7.05 Å². The third kappa shape index (κ3) is 6.25. The molecule has 1 aliphatic rings. The van der Waals surface area contributed by atoms with Crippen LogP contribution in [0.25, 0.3) is 0 Å². The van der Waals surface area contributed by atoms with Crippen LogP contribution in [0.15, 0.2) is 24.3 Å². The average molecular weight is 332 g/mol. The summed E-state index contributed by atoms with van der Waals surface area (Å²) in [6, 6.07) is 9.22. The standard InChI is InChI=1S/C20H33N3O/c1-16(21)12-13-20(24)22-14-17-8-6-7-9-18(17)15-23(2)19-10-4-3-5-11-19/h6-9,16,19H,3-5,10-15,21H2,1-2H3,(H,22,24). The number of hydrogen-bond acceptors (Lipinski definition) is 3. The molecule has 1 fully saturated rings. The summed E-state index contributed by atoms with van der Waals surface area (Å²) in [4.78, 5) is 14.4. The van der Waals surface area contributed by atoms with Gasteiger partial charge in [0.15, 0.2) is 0 Å². The summed E-state index contributed by atoms with van der Waals surface area (Å²) < 4.78 is 0. The molecular formula is C20H33N3O. The lowest BCUT2D eigenvalue weighted by atomic mass is 9.94. The van der Waals surface area contributed by atoms with Crippen LogP contribution in [0, 0.1) is 0 Å². The van der Waals surface area contributed by atoms with Gasteiger partial charge in [0.25, 0.3) is 0 Å². The molecule has 0 radical (unpaired) electrons. The SMILES string of the molecule is CC(N)CCC(=O)NCc1ccccc1CN(C)C1CCCCC1. The first-order valence-corrected chi connectivity index (χ1v) is 9.35. The smallest absolute Gasteiger partial charge is 0.220 e. The summed E-state index contributed by atoms with van der Waals surface area (Å²) in [5, 5.41) is 3.03. The van der Waals surface area contributed by atoms with E-state index in [1.807, 2.05) is 13.0 Å². The summed E-state index contributed by atoms with van der Waals surface area (Å²) in [6.45, 7) is 3.49. The molecule has 1 amide bonds. The highest BCUT2D eigenvalue weighted by atomic mass is 16.1. The highest BCUT2D eigenvalue weighted by Crippen LogP contribution is 2.23. The van der Waals surface area contributed by atoms with Crippen LogP contribution in [0.1, 0.15) is 63.0 Å². The first-order valence-electron chi connectivity index (χ1n) is 9.35. The third-order valence-electron chi connectivity index (χ3n) is 5.04. The highest BCUT2D eigenvalue weighted by Gasteiger charge is 2.18. The molecule has 1 aliphatic carbocycles. The Morgan fingerprint density at radius 3 is 2.58 bits per heavy atom. The second kappa shape index (κ2) is 9.80. The average Bonchev–Trinajstić information content (AvgIpc) is 2.60. The van der Waals surface area contributed by atoms with Crippen molar-refractivity contribution in [2.24, 2.45) is 5.73 Å². The Morgan fingerprint density at radius 2 is 1.92 bits per heavy atom. The molecule has 1 saturated carbocycles. The summed E-state index contributed by atoms with van der Waals surface area (Å²) >= 11 is 0. The number of amides is 1. The van der Waals surface area contributed by atoms with E-state index < -0.39 is 0 Å². The Labute approximate surface area is 146 Å². The van der Waals surface area contributed by atoms with Gasteiger partial charge in [0.05, 0.1) is 0 Å². The van der Waals surface area contributed by atoms with Gasteiger partial charge in [-0.25, -0.2) is 0 Å². The van der Waals surface area contributed by atoms with E-state index in [4.69, 9.17) is 5.73 Å². The maximum atomic E-state index is 11.9. The minimum atomic E-state index is 0.0761. The molecule has 0 spiro atoms. The van der Waals surface area contributed by atoms with E-state index in [1.165, 1.54) is 43.2 Å². The number of benzene rings is 1. The first-order chi connectivity index (χ1) is 11.6. The Morgan fingerprint density at radius 1 is 1.25 bits per heavy atom. The van der Waals surface area contributed by atoms with Gasteiger partial charge in [-0.3, -0.25) is 9.69 Å². The van der Waals surface area contributed by atoms with Crippen molar-refractivity contribution in [3.05, 3.63) is 35.4 Å². The van der Waals surface area contributed by atoms with Crippen LogP contribution < -0.4 is 11.1 Å². The lowest BCUT2D eigenvalue weighted by Crippen LogP contribution is -2.33. The fraction of sp³-hybridized carbons (Fsp3) is 0.650. The molecule has 3 N–H and O–H groups in total. The maximum Gasteiger partial charge on any atom is 0.220 e. The van der Waals surface area contributed by atoms with Gasteiger partial charge >= 0.3 is 0 Å². The number of rotatable bonds is 8. The molecule has 2 rings (SSSR count). The summed E-state index contributed by atoms with van der Waals surface area (Å²) in [7, 11) is 2.23. The van der Waals surface area contributed by atoms with Gasteiger partial charge < -0.3 is 11.1 Å². The zero-order valence-electron chi connectivity index (χ0n) is 15.3. The number of hydrogen-bond donors (Lipinski definition) is 2. The molecule has 4 heteroatoms. The fourth-order valence-corrected chi connectivity index (χ4v) is 3.44. The van der Waals surface area contributed by atoms with Crippen LogP contribution in [-0.2, 0) is 17.9 Å². The van der Waals surface area contributed by atoms with Crippen LogP contribution in [0.5, 0.6) is 0 Å². The minimum Gasteiger partial charge on any atom is -0.352 e. The lowest BCUT2D eigenvalue weighted by molar-refractivity contribution is -0.121. The number of carbonyl (C=O) groups excluding carboxylic acids is 1. The number of nitrogens with one attached hydrogen (secondary N) is 1. The summed E-state index contributed by atoms with van der Waals surface area (Å²) in [6.07, 6.45) is 7.95. The van der Waals surface area contributed by atoms with Crippen LogP contribution in [-0.4, -0.2) is 29.9 Å². The van der Waals surface area contributed by atoms with Gasteiger partial charge in [-0.2, -0.15) is 0 Å². The van der Waals surface area contributed by atoms with Crippen molar-refractivity contribution in [1.29, 1.82) is 0 Å². The van der Waals surface area contributed by atoms with E-state index in [-0.39, 0.29) is 11.9 Å². The van der Waals surface area contributed by atoms with Crippen molar-refractivity contribution in [3.63, 3.8) is 0 Å². The second-order valence-corrected chi connectivity index (χ2v) is 7.27. The molecule has 0 saturated heterocycles. The van der Waals surface area contributed by atoms with E-state index in [0.717, 1.165) is 13.0 Å². The van der Waals surface area contributed by atoms with Crippen molar-refractivity contribution in [2.45, 2.75) is 77.0 Å². The molecule has 0 aliphatic heterocycles. The van der Waals surface area contributed by atoms with Gasteiger partial charge in [-0.05, 0) is 44.4 Å². The molecule has 1 aromatic carbocycles. The number of nitrogens with zero attached hydrogens (tertiary/aromatic N) is 1. The number of nitrogens with two attached hydrogens (primary N) is 1. The van der Waals surface area contributed by atoms with Crippen LogP contribution >= 0.6 is 0 Å². The van der Waals surface area contributed by atoms with Crippen molar-refractivity contribution >= 4 is 5.91 Å². The van der Waals surface area contributed by atoms with Crippen LogP contribution in [0.3, 0.4) is 0 Å². The van der Waals surface area contributed by atoms with Crippen molar-refractivity contribution < 1.29 is 4.79 Å². The van der Waals surface area contributed by atoms with Crippen molar-refractivity contribution in [1.82, 2.24) is 10.2 Å². The zero-order chi connectivity index (χ0) is 17.4. The number of carbonyl (C=O) groups is 1. The predicted octanol–water partition coefficient (Wildman–Crippen LogP) is 3.19. The molecule has 0 aromatic heterocycles. The second-order valence-electron chi connectivity index (χ2n) is 7.27. The Hall–Kier alpha value is -1.39. The fourth-order valence-electron chi connectivity index (χ4n) is 3.44. The first kappa shape index (κ1) is 18.9. The van der Waals surface area contributed by atoms with Crippen molar-refractivity contribution in [3.8, 4) is 0 Å². The molecule has 1 unspecified atom stereocenters. The molecule has 1 atom stereocenters. The van der Waals surface area contributed by atoms with Crippen LogP contribution in [0.2, 0.25) is 0 Å². The Bertz CT molecular complexity index is 509. The monoisotopic (exact) mass is 331 g/mol. The van der Waals surface area contributed by atoms with E-state index in [9.17, 15) is 4.79 Å². The molecular weight excluding hydrogens is 298 g/mol. The van der Waals surface area contributed by atoms with Gasteiger partial charge in [-0.15, -0.1) is 0 Å². The Kier molecular flexibility index (Phi) is 7.73. The van der Waals surface area contributed by atoms with Gasteiger partial charge in [0.1, 0.15) is 0 Å². The normalized spacial score (nSPS) is 17.0. The third-order valence-corrected chi connectivity index (χ3v) is 5.04. The molecule has 1 aromatic rings. The minimum absolute atomic E-state index is 0.0761. The van der Waals surface area contributed by atoms with E-state index in [2.05, 4.69) is 35.5 Å². The molecule has 0 bridgehead atoms.